The average Bonchev–Trinajstić information content (AvgIpc) is 2.87. The van der Waals surface area contributed by atoms with Crippen LogP contribution in [0.15, 0.2) is 42.5 Å². The molecular weight excluding hydrogens is 286 g/mol. The van der Waals surface area contributed by atoms with Crippen molar-refractivity contribution in [3.63, 3.8) is 0 Å². The molecular formula is C20H23NO2. The smallest absolute Gasteiger partial charge is 0.150 e. The molecule has 3 heteroatoms. The quantitative estimate of drug-likeness (QED) is 0.733. The van der Waals surface area contributed by atoms with Gasteiger partial charge < -0.3 is 9.64 Å². The minimum atomic E-state index is 0.409. The number of hydrogen-bond acceptors (Lipinski definition) is 3. The number of methoxy groups -OCH3 is 1. The summed E-state index contributed by atoms with van der Waals surface area (Å²) in [6, 6.07) is 14.7. The zero-order valence-corrected chi connectivity index (χ0v) is 14.0. The molecule has 0 aromatic heterocycles. The summed E-state index contributed by atoms with van der Waals surface area (Å²) in [5.74, 6) is 1.27. The number of nitrogens with zero attached hydrogens (tertiary/aromatic N) is 1. The Morgan fingerprint density at radius 2 is 1.91 bits per heavy atom. The molecule has 0 N–H and O–H groups in total. The van der Waals surface area contributed by atoms with Crippen LogP contribution >= 0.6 is 0 Å². The molecule has 0 radical (unpaired) electrons. The van der Waals surface area contributed by atoms with Gasteiger partial charge in [-0.1, -0.05) is 20.3 Å². The summed E-state index contributed by atoms with van der Waals surface area (Å²) in [5, 5.41) is 0. The van der Waals surface area contributed by atoms with E-state index in [1.54, 1.807) is 7.11 Å². The summed E-state index contributed by atoms with van der Waals surface area (Å²) in [6.45, 7) is 4.48. The molecule has 2 unspecified atom stereocenters. The van der Waals surface area contributed by atoms with E-state index in [1.165, 1.54) is 16.9 Å². The van der Waals surface area contributed by atoms with E-state index < -0.39 is 0 Å². The molecule has 0 saturated carbocycles. The number of hydrogen-bond donors (Lipinski definition) is 0. The molecule has 3 nitrogen and oxygen atoms in total. The molecule has 0 saturated heterocycles. The van der Waals surface area contributed by atoms with Crippen molar-refractivity contribution < 1.29 is 9.53 Å². The third-order valence-corrected chi connectivity index (χ3v) is 4.78. The normalized spacial score (nSPS) is 19.5. The predicted molar refractivity (Wildman–Crippen MR) is 94.1 cm³/mol. The van der Waals surface area contributed by atoms with Crippen LogP contribution in [0.25, 0.3) is 0 Å². The number of anilines is 2. The van der Waals surface area contributed by atoms with Gasteiger partial charge in [0.2, 0.25) is 0 Å². The zero-order valence-electron chi connectivity index (χ0n) is 14.0. The van der Waals surface area contributed by atoms with E-state index in [2.05, 4.69) is 36.9 Å². The number of rotatable bonds is 5. The van der Waals surface area contributed by atoms with Crippen molar-refractivity contribution in [2.24, 2.45) is 0 Å². The van der Waals surface area contributed by atoms with E-state index in [4.69, 9.17) is 4.74 Å². The van der Waals surface area contributed by atoms with Gasteiger partial charge in [0, 0.05) is 28.9 Å². The van der Waals surface area contributed by atoms with E-state index in [0.717, 1.165) is 30.4 Å². The second-order valence-electron chi connectivity index (χ2n) is 6.15. The Balaban J connectivity index is 2.07. The summed E-state index contributed by atoms with van der Waals surface area (Å²) >= 11 is 0. The molecule has 0 spiro atoms. The Bertz CT molecular complexity index is 693. The topological polar surface area (TPSA) is 29.5 Å². The van der Waals surface area contributed by atoms with E-state index in [0.29, 0.717) is 12.0 Å². The fourth-order valence-electron chi connectivity index (χ4n) is 3.59. The van der Waals surface area contributed by atoms with Gasteiger partial charge in [-0.25, -0.2) is 0 Å². The van der Waals surface area contributed by atoms with Crippen molar-refractivity contribution in [3.8, 4) is 5.75 Å². The largest absolute Gasteiger partial charge is 0.497 e. The maximum atomic E-state index is 11.1. The summed E-state index contributed by atoms with van der Waals surface area (Å²) < 4.78 is 5.27. The summed E-state index contributed by atoms with van der Waals surface area (Å²) in [6.07, 6.45) is 3.19. The molecule has 1 aliphatic rings. The second-order valence-corrected chi connectivity index (χ2v) is 6.15. The Morgan fingerprint density at radius 3 is 2.52 bits per heavy atom. The fourth-order valence-corrected chi connectivity index (χ4v) is 3.59. The van der Waals surface area contributed by atoms with E-state index in [-0.39, 0.29) is 0 Å². The fraction of sp³-hybridized carbons (Fsp3) is 0.350. The van der Waals surface area contributed by atoms with Gasteiger partial charge in [0.1, 0.15) is 12.0 Å². The van der Waals surface area contributed by atoms with Crippen LogP contribution in [0.3, 0.4) is 0 Å². The molecule has 0 fully saturated rings. The van der Waals surface area contributed by atoms with Crippen LogP contribution in [0, 0.1) is 0 Å². The van der Waals surface area contributed by atoms with Gasteiger partial charge in [-0.3, -0.25) is 4.79 Å². The number of fused-ring (bicyclic) bond motifs is 1. The molecule has 2 atom stereocenters. The Labute approximate surface area is 137 Å². The summed E-state index contributed by atoms with van der Waals surface area (Å²) in [7, 11) is 1.68. The number of benzene rings is 2. The van der Waals surface area contributed by atoms with Gasteiger partial charge in [0.15, 0.2) is 0 Å². The number of carbonyl (C=O) groups is 1. The standard InChI is InChI=1S/C20H23NO2/c1-4-5-19-14(2)18-12-15(13-22)6-11-20(18)21(19)16-7-9-17(23-3)10-8-16/h6-14,19H,4-5H2,1-3H3. The molecule has 2 aromatic carbocycles. The predicted octanol–water partition coefficient (Wildman–Crippen LogP) is 4.93. The first kappa shape index (κ1) is 15.6. The lowest BCUT2D eigenvalue weighted by Crippen LogP contribution is -2.29. The van der Waals surface area contributed by atoms with Crippen LogP contribution in [0.1, 0.15) is 48.5 Å². The average molecular weight is 309 g/mol. The lowest BCUT2D eigenvalue weighted by molar-refractivity contribution is 0.112. The lowest BCUT2D eigenvalue weighted by atomic mass is 9.93. The molecule has 1 heterocycles. The maximum Gasteiger partial charge on any atom is 0.150 e. The first-order valence-corrected chi connectivity index (χ1v) is 8.22. The van der Waals surface area contributed by atoms with Crippen LogP contribution in [0.2, 0.25) is 0 Å². The van der Waals surface area contributed by atoms with Crippen molar-refractivity contribution in [3.05, 3.63) is 53.6 Å². The van der Waals surface area contributed by atoms with E-state index in [1.807, 2.05) is 24.3 Å². The number of carbonyl (C=O) groups excluding carboxylic acids is 1. The van der Waals surface area contributed by atoms with E-state index >= 15 is 0 Å². The number of aldehydes is 1. The van der Waals surface area contributed by atoms with Crippen molar-refractivity contribution in [2.45, 2.75) is 38.6 Å². The highest BCUT2D eigenvalue weighted by molar-refractivity contribution is 5.80. The third kappa shape index (κ3) is 2.72. The highest BCUT2D eigenvalue weighted by Crippen LogP contribution is 2.47. The van der Waals surface area contributed by atoms with Crippen molar-refractivity contribution in [1.29, 1.82) is 0 Å². The Kier molecular flexibility index (Phi) is 4.37. The maximum absolute atomic E-state index is 11.1. The molecule has 0 amide bonds. The SMILES string of the molecule is CCCC1C(C)c2cc(C=O)ccc2N1c1ccc(OC)cc1. The van der Waals surface area contributed by atoms with Gasteiger partial charge >= 0.3 is 0 Å². The zero-order chi connectivity index (χ0) is 16.4. The van der Waals surface area contributed by atoms with Crippen molar-refractivity contribution in [2.75, 3.05) is 12.0 Å². The van der Waals surface area contributed by atoms with Crippen molar-refractivity contribution >= 4 is 17.7 Å². The molecule has 23 heavy (non-hydrogen) atoms. The van der Waals surface area contributed by atoms with Gasteiger partial charge in [0.25, 0.3) is 0 Å². The van der Waals surface area contributed by atoms with Crippen LogP contribution in [-0.4, -0.2) is 19.4 Å². The van der Waals surface area contributed by atoms with Gasteiger partial charge in [0.05, 0.1) is 7.11 Å². The van der Waals surface area contributed by atoms with Crippen LogP contribution in [0.5, 0.6) is 5.75 Å². The second kappa shape index (κ2) is 6.45. The minimum absolute atomic E-state index is 0.409. The minimum Gasteiger partial charge on any atom is -0.497 e. The first-order chi connectivity index (χ1) is 11.2. The molecule has 2 aromatic rings. The third-order valence-electron chi connectivity index (χ3n) is 4.78. The molecule has 0 bridgehead atoms. The highest BCUT2D eigenvalue weighted by atomic mass is 16.5. The summed E-state index contributed by atoms with van der Waals surface area (Å²) in [4.78, 5) is 13.5. The Morgan fingerprint density at radius 1 is 1.17 bits per heavy atom. The van der Waals surface area contributed by atoms with Gasteiger partial charge in [-0.15, -0.1) is 0 Å². The first-order valence-electron chi connectivity index (χ1n) is 8.22. The number of ether oxygens (including phenoxy) is 1. The van der Waals surface area contributed by atoms with Crippen LogP contribution in [-0.2, 0) is 0 Å². The van der Waals surface area contributed by atoms with Crippen LogP contribution < -0.4 is 9.64 Å². The molecule has 1 aliphatic heterocycles. The van der Waals surface area contributed by atoms with Gasteiger partial charge in [-0.05, 0) is 54.4 Å². The molecule has 120 valence electrons. The van der Waals surface area contributed by atoms with Crippen molar-refractivity contribution in [1.82, 2.24) is 0 Å². The molecule has 0 aliphatic carbocycles. The highest BCUT2D eigenvalue weighted by Gasteiger charge is 2.36. The monoisotopic (exact) mass is 309 g/mol. The summed E-state index contributed by atoms with van der Waals surface area (Å²) in [5.41, 5.74) is 4.41. The van der Waals surface area contributed by atoms with Crippen LogP contribution in [0.4, 0.5) is 11.4 Å². The molecule has 3 rings (SSSR count). The van der Waals surface area contributed by atoms with Gasteiger partial charge in [-0.2, -0.15) is 0 Å². The lowest BCUT2D eigenvalue weighted by Gasteiger charge is -2.29. The van der Waals surface area contributed by atoms with E-state index in [9.17, 15) is 4.79 Å². The Hall–Kier alpha value is -2.29.